The molecule has 0 aliphatic carbocycles. The van der Waals surface area contributed by atoms with E-state index >= 15 is 0 Å². The monoisotopic (exact) mass is 345 g/mol. The first-order valence-corrected chi connectivity index (χ1v) is 7.50. The Balaban J connectivity index is 1.80. The molecule has 0 spiro atoms. The normalized spacial score (nSPS) is 16.2. The van der Waals surface area contributed by atoms with Gasteiger partial charge in [0.1, 0.15) is 11.6 Å². The zero-order valence-corrected chi connectivity index (χ0v) is 13.9. The lowest BCUT2D eigenvalue weighted by Crippen LogP contribution is -2.42. The highest BCUT2D eigenvalue weighted by Gasteiger charge is 2.38. The molecule has 0 amide bonds. The summed E-state index contributed by atoms with van der Waals surface area (Å²) in [6, 6.07) is 4.42. The number of rotatable bonds is 3. The van der Waals surface area contributed by atoms with Gasteiger partial charge in [0.25, 0.3) is 5.79 Å². The Morgan fingerprint density at radius 3 is 2.48 bits per heavy atom. The number of ether oxygens (including phenoxy) is 2. The summed E-state index contributed by atoms with van der Waals surface area (Å²) in [5.41, 5.74) is 0.401. The lowest BCUT2D eigenvalue weighted by Gasteiger charge is -2.29. The molecule has 1 aromatic carbocycles. The van der Waals surface area contributed by atoms with Crippen molar-refractivity contribution in [2.24, 2.45) is 0 Å². The van der Waals surface area contributed by atoms with Gasteiger partial charge in [0.05, 0.1) is 5.69 Å². The predicted molar refractivity (Wildman–Crippen MR) is 86.2 cm³/mol. The minimum absolute atomic E-state index is 0.297. The Kier molecular flexibility index (Phi) is 4.03. The molecule has 1 fully saturated rings. The second-order valence-electron chi connectivity index (χ2n) is 5.89. The number of nitrogens with zero attached hydrogens (tertiary/aromatic N) is 2. The first kappa shape index (κ1) is 16.7. The number of halogens is 1. The summed E-state index contributed by atoms with van der Waals surface area (Å²) in [6.07, 6.45) is 4.36. The number of esters is 2. The molecular formula is C17H16FN3O4. The van der Waals surface area contributed by atoms with E-state index in [1.54, 1.807) is 36.0 Å². The van der Waals surface area contributed by atoms with Crippen LogP contribution in [0.5, 0.6) is 0 Å². The first-order valence-electron chi connectivity index (χ1n) is 7.50. The highest BCUT2D eigenvalue weighted by Crippen LogP contribution is 2.23. The Labute approximate surface area is 143 Å². The van der Waals surface area contributed by atoms with Crippen LogP contribution in [-0.2, 0) is 19.1 Å². The van der Waals surface area contributed by atoms with Crippen LogP contribution in [0.25, 0.3) is 5.69 Å². The molecule has 1 saturated heterocycles. The summed E-state index contributed by atoms with van der Waals surface area (Å²) in [6.45, 7) is 4.68. The largest absolute Gasteiger partial charge is 0.419 e. The number of nitrogens with one attached hydrogen (secondary N) is 1. The van der Waals surface area contributed by atoms with Crippen LogP contribution in [-0.4, -0.2) is 27.3 Å². The average molecular weight is 345 g/mol. The highest BCUT2D eigenvalue weighted by atomic mass is 19.1. The van der Waals surface area contributed by atoms with Crippen molar-refractivity contribution in [3.8, 4) is 5.69 Å². The Morgan fingerprint density at radius 2 is 1.92 bits per heavy atom. The van der Waals surface area contributed by atoms with Gasteiger partial charge in [-0.2, -0.15) is 0 Å². The third-order valence-electron chi connectivity index (χ3n) is 3.53. The number of cyclic esters (lactones) is 2. The summed E-state index contributed by atoms with van der Waals surface area (Å²) in [5.74, 6) is -2.75. The molecule has 1 aliphatic heterocycles. The van der Waals surface area contributed by atoms with E-state index in [0.717, 1.165) is 6.20 Å². The summed E-state index contributed by atoms with van der Waals surface area (Å²) in [5, 5.41) is 2.70. The number of anilines is 1. The number of hydrogen-bond acceptors (Lipinski definition) is 6. The quantitative estimate of drug-likeness (QED) is 0.523. The predicted octanol–water partition coefficient (Wildman–Crippen LogP) is 2.45. The second-order valence-corrected chi connectivity index (χ2v) is 5.89. The molecule has 0 bridgehead atoms. The topological polar surface area (TPSA) is 82.5 Å². The number of aromatic nitrogens is 2. The van der Waals surface area contributed by atoms with E-state index < -0.39 is 23.5 Å². The molecule has 3 rings (SSSR count). The smallest absolute Gasteiger partial charge is 0.350 e. The van der Waals surface area contributed by atoms with E-state index in [4.69, 9.17) is 9.47 Å². The fourth-order valence-corrected chi connectivity index (χ4v) is 2.36. The number of hydrogen-bond donors (Lipinski definition) is 1. The third-order valence-corrected chi connectivity index (χ3v) is 3.53. The van der Waals surface area contributed by atoms with Crippen molar-refractivity contribution >= 4 is 17.6 Å². The Bertz CT molecular complexity index is 864. The van der Waals surface area contributed by atoms with Gasteiger partial charge in [0, 0.05) is 38.1 Å². The molecule has 7 nitrogen and oxygen atoms in total. The van der Waals surface area contributed by atoms with Crippen LogP contribution in [0.1, 0.15) is 19.7 Å². The van der Waals surface area contributed by atoms with E-state index in [1.165, 1.54) is 19.9 Å². The van der Waals surface area contributed by atoms with Gasteiger partial charge in [-0.25, -0.2) is 19.0 Å². The molecule has 0 unspecified atom stereocenters. The third kappa shape index (κ3) is 3.37. The van der Waals surface area contributed by atoms with Crippen molar-refractivity contribution in [1.82, 2.24) is 9.55 Å². The van der Waals surface area contributed by atoms with Gasteiger partial charge in [-0.05, 0) is 25.1 Å². The number of aryl methyl sites for hydroxylation is 1. The molecule has 1 aliphatic rings. The van der Waals surface area contributed by atoms with Gasteiger partial charge < -0.3 is 19.4 Å². The van der Waals surface area contributed by atoms with E-state index in [9.17, 15) is 14.0 Å². The highest BCUT2D eigenvalue weighted by molar-refractivity contribution is 6.15. The zero-order valence-electron chi connectivity index (χ0n) is 13.9. The fourth-order valence-electron chi connectivity index (χ4n) is 2.36. The zero-order chi connectivity index (χ0) is 18.2. The van der Waals surface area contributed by atoms with Gasteiger partial charge in [-0.15, -0.1) is 0 Å². The van der Waals surface area contributed by atoms with Crippen molar-refractivity contribution in [2.45, 2.75) is 26.6 Å². The molecule has 0 radical (unpaired) electrons. The van der Waals surface area contributed by atoms with Gasteiger partial charge in [0.2, 0.25) is 0 Å². The molecule has 2 heterocycles. The van der Waals surface area contributed by atoms with Gasteiger partial charge in [-0.3, -0.25) is 0 Å². The lowest BCUT2D eigenvalue weighted by molar-refractivity contribution is -0.222. The fraction of sp³-hybridized carbons (Fsp3) is 0.235. The van der Waals surface area contributed by atoms with Crippen molar-refractivity contribution in [3.05, 3.63) is 54.0 Å². The molecule has 1 N–H and O–H groups in total. The van der Waals surface area contributed by atoms with Crippen LogP contribution in [0.2, 0.25) is 0 Å². The number of carbonyl (C=O) groups excluding carboxylic acids is 2. The summed E-state index contributed by atoms with van der Waals surface area (Å²) < 4.78 is 25.9. The van der Waals surface area contributed by atoms with E-state index in [-0.39, 0.29) is 5.57 Å². The summed E-state index contributed by atoms with van der Waals surface area (Å²) in [7, 11) is 0. The standard InChI is InChI=1S/C17H16FN3O4/c1-10-19-6-7-21(10)14-5-4-11(8-13(14)18)20-9-12-15(22)24-17(2,3)25-16(12)23/h4-9,20H,1-3H3. The van der Waals surface area contributed by atoms with Crippen molar-refractivity contribution in [2.75, 3.05) is 5.32 Å². The minimum atomic E-state index is -1.30. The van der Waals surface area contributed by atoms with Gasteiger partial charge in [-0.1, -0.05) is 0 Å². The number of benzene rings is 1. The van der Waals surface area contributed by atoms with Crippen molar-refractivity contribution in [1.29, 1.82) is 0 Å². The first-order chi connectivity index (χ1) is 11.8. The Morgan fingerprint density at radius 1 is 1.24 bits per heavy atom. The maximum Gasteiger partial charge on any atom is 0.350 e. The minimum Gasteiger partial charge on any atom is -0.419 e. The van der Waals surface area contributed by atoms with Crippen LogP contribution in [0.4, 0.5) is 10.1 Å². The maximum absolute atomic E-state index is 14.3. The molecule has 2 aromatic rings. The van der Waals surface area contributed by atoms with Crippen LogP contribution in [0.15, 0.2) is 42.4 Å². The van der Waals surface area contributed by atoms with Crippen LogP contribution >= 0.6 is 0 Å². The van der Waals surface area contributed by atoms with Crippen LogP contribution in [0, 0.1) is 12.7 Å². The maximum atomic E-state index is 14.3. The van der Waals surface area contributed by atoms with E-state index in [1.807, 2.05) is 0 Å². The lowest BCUT2D eigenvalue weighted by atomic mass is 10.2. The van der Waals surface area contributed by atoms with E-state index in [2.05, 4.69) is 10.3 Å². The molecule has 25 heavy (non-hydrogen) atoms. The Hall–Kier alpha value is -3.16. The summed E-state index contributed by atoms with van der Waals surface area (Å²) in [4.78, 5) is 27.7. The second kappa shape index (κ2) is 6.04. The van der Waals surface area contributed by atoms with Crippen LogP contribution < -0.4 is 5.32 Å². The SMILES string of the molecule is Cc1nccn1-c1ccc(NC=C2C(=O)OC(C)(C)OC2=O)cc1F. The molecular weight excluding hydrogens is 329 g/mol. The van der Waals surface area contributed by atoms with Crippen molar-refractivity contribution in [3.63, 3.8) is 0 Å². The van der Waals surface area contributed by atoms with Gasteiger partial charge in [0.15, 0.2) is 5.57 Å². The van der Waals surface area contributed by atoms with Crippen LogP contribution in [0.3, 0.4) is 0 Å². The molecule has 130 valence electrons. The number of carbonyl (C=O) groups is 2. The van der Waals surface area contributed by atoms with Crippen molar-refractivity contribution < 1.29 is 23.5 Å². The van der Waals surface area contributed by atoms with E-state index in [0.29, 0.717) is 17.2 Å². The molecule has 1 aromatic heterocycles. The van der Waals surface area contributed by atoms with Gasteiger partial charge >= 0.3 is 11.9 Å². The molecule has 8 heteroatoms. The average Bonchev–Trinajstić information content (AvgIpc) is 2.91. The summed E-state index contributed by atoms with van der Waals surface area (Å²) >= 11 is 0. The molecule has 0 saturated carbocycles. The molecule has 0 atom stereocenters. The number of imidazole rings is 1.